The Morgan fingerprint density at radius 2 is 1.83 bits per heavy atom. The van der Waals surface area contributed by atoms with Crippen LogP contribution in [0.4, 0.5) is 5.69 Å². The van der Waals surface area contributed by atoms with Crippen LogP contribution in [0.2, 0.25) is 0 Å². The van der Waals surface area contributed by atoms with Crippen molar-refractivity contribution in [2.24, 2.45) is 7.05 Å². The number of fused-ring (bicyclic) bond motifs is 1. The molecule has 3 heterocycles. The highest BCUT2D eigenvalue weighted by atomic mass is 15.3. The number of nitrogens with zero attached hydrogens (tertiary/aromatic N) is 4. The topological polar surface area (TPSA) is 47.2 Å². The van der Waals surface area contributed by atoms with Crippen molar-refractivity contribution in [1.82, 2.24) is 19.4 Å². The zero-order chi connectivity index (χ0) is 15.6. The lowest BCUT2D eigenvalue weighted by atomic mass is 10.1. The van der Waals surface area contributed by atoms with Crippen LogP contribution in [0.1, 0.15) is 5.69 Å². The lowest BCUT2D eigenvalue weighted by Gasteiger charge is -2.04. The molecule has 0 atom stereocenters. The summed E-state index contributed by atoms with van der Waals surface area (Å²) in [5, 5.41) is 12.6. The van der Waals surface area contributed by atoms with E-state index in [2.05, 4.69) is 39.8 Å². The normalized spacial score (nSPS) is 11.0. The van der Waals surface area contributed by atoms with Crippen molar-refractivity contribution in [3.8, 4) is 11.3 Å². The SMILES string of the molecule is Cn1cc(NCc2cc3ccccn3n2)c(-c2ccccc2)n1. The minimum atomic E-state index is 0.660. The first kappa shape index (κ1) is 13.6. The third-order valence-corrected chi connectivity index (χ3v) is 3.76. The second kappa shape index (κ2) is 5.61. The molecule has 5 heteroatoms. The fourth-order valence-electron chi connectivity index (χ4n) is 2.69. The summed E-state index contributed by atoms with van der Waals surface area (Å²) in [5.74, 6) is 0. The average Bonchev–Trinajstić information content (AvgIpc) is 3.16. The second-order valence-electron chi connectivity index (χ2n) is 5.49. The molecule has 0 unspecified atom stereocenters. The van der Waals surface area contributed by atoms with Crippen LogP contribution in [0, 0.1) is 0 Å². The monoisotopic (exact) mass is 303 g/mol. The largest absolute Gasteiger partial charge is 0.376 e. The Bertz CT molecular complexity index is 903. The van der Waals surface area contributed by atoms with Gasteiger partial charge >= 0.3 is 0 Å². The molecule has 0 aliphatic rings. The van der Waals surface area contributed by atoms with Gasteiger partial charge < -0.3 is 5.32 Å². The standard InChI is InChI=1S/C18H17N5/c1-22-13-17(18(21-22)14-7-3-2-4-8-14)19-12-15-11-16-9-5-6-10-23(16)20-15/h2-11,13,19H,12H2,1H3. The number of anilines is 1. The second-order valence-corrected chi connectivity index (χ2v) is 5.49. The number of aryl methyl sites for hydroxylation is 1. The van der Waals surface area contributed by atoms with E-state index in [0.29, 0.717) is 6.54 Å². The highest BCUT2D eigenvalue weighted by Crippen LogP contribution is 2.26. The van der Waals surface area contributed by atoms with E-state index in [1.54, 1.807) is 0 Å². The van der Waals surface area contributed by atoms with Crippen LogP contribution < -0.4 is 5.32 Å². The quantitative estimate of drug-likeness (QED) is 0.629. The molecule has 1 aromatic carbocycles. The maximum atomic E-state index is 4.56. The van der Waals surface area contributed by atoms with Crippen molar-refractivity contribution >= 4 is 11.2 Å². The van der Waals surface area contributed by atoms with E-state index in [4.69, 9.17) is 0 Å². The molecule has 5 nitrogen and oxygen atoms in total. The molecule has 0 spiro atoms. The maximum absolute atomic E-state index is 4.56. The molecule has 0 fully saturated rings. The minimum Gasteiger partial charge on any atom is -0.376 e. The third-order valence-electron chi connectivity index (χ3n) is 3.76. The molecule has 0 saturated heterocycles. The molecule has 0 bridgehead atoms. The number of pyridine rings is 1. The van der Waals surface area contributed by atoms with Crippen LogP contribution >= 0.6 is 0 Å². The third kappa shape index (κ3) is 2.68. The van der Waals surface area contributed by atoms with Gasteiger partial charge in [0, 0.05) is 25.0 Å². The van der Waals surface area contributed by atoms with Gasteiger partial charge in [-0.05, 0) is 18.2 Å². The Balaban J connectivity index is 1.59. The summed E-state index contributed by atoms with van der Waals surface area (Å²) in [6.45, 7) is 0.660. The molecule has 0 amide bonds. The van der Waals surface area contributed by atoms with E-state index in [1.165, 1.54) is 0 Å². The Morgan fingerprint density at radius 3 is 2.65 bits per heavy atom. The van der Waals surface area contributed by atoms with Gasteiger partial charge in [0.2, 0.25) is 0 Å². The Kier molecular flexibility index (Phi) is 3.31. The highest BCUT2D eigenvalue weighted by molar-refractivity contribution is 5.73. The van der Waals surface area contributed by atoms with E-state index in [0.717, 1.165) is 28.2 Å². The number of nitrogens with one attached hydrogen (secondary N) is 1. The Morgan fingerprint density at radius 1 is 1.00 bits per heavy atom. The van der Waals surface area contributed by atoms with Crippen LogP contribution in [0.25, 0.3) is 16.8 Å². The van der Waals surface area contributed by atoms with Gasteiger partial charge in [0.05, 0.1) is 23.4 Å². The van der Waals surface area contributed by atoms with E-state index in [-0.39, 0.29) is 0 Å². The predicted molar refractivity (Wildman–Crippen MR) is 91.2 cm³/mol. The Hall–Kier alpha value is -3.08. The fourth-order valence-corrected chi connectivity index (χ4v) is 2.69. The van der Waals surface area contributed by atoms with Crippen molar-refractivity contribution in [1.29, 1.82) is 0 Å². The molecule has 1 N–H and O–H groups in total. The molecular formula is C18H17N5. The summed E-state index contributed by atoms with van der Waals surface area (Å²) in [6, 6.07) is 18.3. The molecule has 114 valence electrons. The summed E-state index contributed by atoms with van der Waals surface area (Å²) in [5.41, 5.74) is 5.16. The summed E-state index contributed by atoms with van der Waals surface area (Å²) in [6.07, 6.45) is 3.95. The zero-order valence-corrected chi connectivity index (χ0v) is 12.8. The van der Waals surface area contributed by atoms with Crippen LogP contribution in [-0.4, -0.2) is 19.4 Å². The number of hydrogen-bond acceptors (Lipinski definition) is 3. The van der Waals surface area contributed by atoms with E-state index >= 15 is 0 Å². The van der Waals surface area contributed by atoms with E-state index in [1.807, 2.05) is 59.0 Å². The first-order valence-electron chi connectivity index (χ1n) is 7.56. The van der Waals surface area contributed by atoms with E-state index < -0.39 is 0 Å². The lowest BCUT2D eigenvalue weighted by molar-refractivity contribution is 0.771. The van der Waals surface area contributed by atoms with Gasteiger partial charge in [0.15, 0.2) is 0 Å². The van der Waals surface area contributed by atoms with Gasteiger partial charge in [-0.1, -0.05) is 36.4 Å². The molecule has 4 rings (SSSR count). The molecule has 0 radical (unpaired) electrons. The fraction of sp³-hybridized carbons (Fsp3) is 0.111. The van der Waals surface area contributed by atoms with Gasteiger partial charge in [0.25, 0.3) is 0 Å². The van der Waals surface area contributed by atoms with Crippen molar-refractivity contribution in [3.05, 3.63) is 72.7 Å². The van der Waals surface area contributed by atoms with Gasteiger partial charge in [-0.15, -0.1) is 0 Å². The smallest absolute Gasteiger partial charge is 0.115 e. The van der Waals surface area contributed by atoms with E-state index in [9.17, 15) is 0 Å². The number of rotatable bonds is 4. The van der Waals surface area contributed by atoms with Gasteiger partial charge in [-0.25, -0.2) is 4.52 Å². The summed E-state index contributed by atoms with van der Waals surface area (Å²) in [7, 11) is 1.93. The highest BCUT2D eigenvalue weighted by Gasteiger charge is 2.10. The Labute approximate surface area is 134 Å². The summed E-state index contributed by atoms with van der Waals surface area (Å²) < 4.78 is 3.71. The van der Waals surface area contributed by atoms with Gasteiger partial charge in [0.1, 0.15) is 5.69 Å². The van der Waals surface area contributed by atoms with Gasteiger partial charge in [-0.3, -0.25) is 4.68 Å². The van der Waals surface area contributed by atoms with Crippen molar-refractivity contribution in [2.75, 3.05) is 5.32 Å². The van der Waals surface area contributed by atoms with Crippen molar-refractivity contribution < 1.29 is 0 Å². The first-order chi connectivity index (χ1) is 11.3. The molecule has 3 aromatic heterocycles. The van der Waals surface area contributed by atoms with Gasteiger partial charge in [-0.2, -0.15) is 10.2 Å². The van der Waals surface area contributed by atoms with Crippen LogP contribution in [0.3, 0.4) is 0 Å². The predicted octanol–water partition coefficient (Wildman–Crippen LogP) is 3.35. The van der Waals surface area contributed by atoms with Crippen LogP contribution in [0.5, 0.6) is 0 Å². The number of benzene rings is 1. The van der Waals surface area contributed by atoms with Crippen molar-refractivity contribution in [2.45, 2.75) is 6.54 Å². The number of hydrogen-bond donors (Lipinski definition) is 1. The maximum Gasteiger partial charge on any atom is 0.115 e. The van der Waals surface area contributed by atoms with Crippen LogP contribution in [-0.2, 0) is 13.6 Å². The number of aromatic nitrogens is 4. The molecule has 0 aliphatic heterocycles. The summed E-state index contributed by atoms with van der Waals surface area (Å²) >= 11 is 0. The zero-order valence-electron chi connectivity index (χ0n) is 12.8. The molecule has 23 heavy (non-hydrogen) atoms. The van der Waals surface area contributed by atoms with Crippen molar-refractivity contribution in [3.63, 3.8) is 0 Å². The molecule has 0 saturated carbocycles. The molecular weight excluding hydrogens is 286 g/mol. The lowest BCUT2D eigenvalue weighted by Crippen LogP contribution is -2.00. The summed E-state index contributed by atoms with van der Waals surface area (Å²) in [4.78, 5) is 0. The minimum absolute atomic E-state index is 0.660. The molecule has 0 aliphatic carbocycles. The average molecular weight is 303 g/mol. The van der Waals surface area contributed by atoms with Crippen LogP contribution in [0.15, 0.2) is 67.0 Å². The molecule has 4 aromatic rings. The first-order valence-corrected chi connectivity index (χ1v) is 7.56.